The molecule has 178 valence electrons. The van der Waals surface area contributed by atoms with Gasteiger partial charge in [-0.05, 0) is 59.7 Å². The van der Waals surface area contributed by atoms with Gasteiger partial charge in [0.1, 0.15) is 23.1 Å². The van der Waals surface area contributed by atoms with Gasteiger partial charge >= 0.3 is 6.18 Å². The number of primary amides is 1. The van der Waals surface area contributed by atoms with E-state index in [9.17, 15) is 31.5 Å². The molecule has 3 aromatic carbocycles. The van der Waals surface area contributed by atoms with Crippen molar-refractivity contribution >= 4 is 11.8 Å². The Bertz CT molecular complexity index is 1160. The fourth-order valence-corrected chi connectivity index (χ4v) is 3.19. The van der Waals surface area contributed by atoms with Crippen molar-refractivity contribution in [2.45, 2.75) is 25.1 Å². The summed E-state index contributed by atoms with van der Waals surface area (Å²) < 4.78 is 70.5. The van der Waals surface area contributed by atoms with Gasteiger partial charge in [-0.25, -0.2) is 8.78 Å². The molecule has 10 heteroatoms. The Kier molecular flexibility index (Phi) is 7.50. The lowest BCUT2D eigenvalue weighted by Crippen LogP contribution is -2.32. The van der Waals surface area contributed by atoms with Crippen LogP contribution in [0.3, 0.4) is 0 Å². The molecule has 3 rings (SSSR count). The van der Waals surface area contributed by atoms with Crippen molar-refractivity contribution in [3.63, 3.8) is 0 Å². The Morgan fingerprint density at radius 3 is 2.03 bits per heavy atom. The first-order valence-corrected chi connectivity index (χ1v) is 9.98. The van der Waals surface area contributed by atoms with Crippen LogP contribution >= 0.6 is 0 Å². The molecule has 0 radical (unpaired) electrons. The molecular weight excluding hydrogens is 459 g/mol. The molecule has 0 fully saturated rings. The van der Waals surface area contributed by atoms with Crippen molar-refractivity contribution in [1.29, 1.82) is 0 Å². The third-order valence-corrected chi connectivity index (χ3v) is 4.78. The molecule has 0 saturated heterocycles. The molecule has 0 aliphatic heterocycles. The minimum atomic E-state index is -4.84. The average Bonchev–Trinajstić information content (AvgIpc) is 2.74. The standard InChI is InChI=1S/C24H19F5N2O3/c25-16-4-8-18(9-5-16)34-17-6-2-15(3-7-17)21(13-22(30)32)31-23(33)12-14-1-10-19(20(26)11-14)24(27,28)29/h1-11,21H,12-13H2,(H2,30,32)(H,31,33). The van der Waals surface area contributed by atoms with Crippen molar-refractivity contribution < 1.29 is 36.3 Å². The molecule has 1 unspecified atom stereocenters. The normalized spacial score (nSPS) is 12.1. The number of nitrogens with one attached hydrogen (secondary N) is 1. The molecule has 1 atom stereocenters. The van der Waals surface area contributed by atoms with E-state index in [-0.39, 0.29) is 12.0 Å². The van der Waals surface area contributed by atoms with Gasteiger partial charge in [0.2, 0.25) is 11.8 Å². The van der Waals surface area contributed by atoms with Crippen LogP contribution in [0.15, 0.2) is 66.7 Å². The molecule has 0 aliphatic carbocycles. The first-order chi connectivity index (χ1) is 16.0. The van der Waals surface area contributed by atoms with Gasteiger partial charge in [0.05, 0.1) is 24.4 Å². The number of hydrogen-bond donors (Lipinski definition) is 2. The second kappa shape index (κ2) is 10.3. The van der Waals surface area contributed by atoms with Gasteiger partial charge in [0.15, 0.2) is 0 Å². The Balaban J connectivity index is 1.69. The lowest BCUT2D eigenvalue weighted by atomic mass is 10.0. The highest BCUT2D eigenvalue weighted by molar-refractivity contribution is 5.81. The molecule has 34 heavy (non-hydrogen) atoms. The Hall–Kier alpha value is -3.95. The third kappa shape index (κ3) is 6.77. The van der Waals surface area contributed by atoms with Crippen LogP contribution in [0.5, 0.6) is 11.5 Å². The van der Waals surface area contributed by atoms with Crippen LogP contribution in [0.1, 0.15) is 29.2 Å². The van der Waals surface area contributed by atoms with E-state index in [0.29, 0.717) is 29.2 Å². The van der Waals surface area contributed by atoms with Gasteiger partial charge in [0.25, 0.3) is 0 Å². The quantitative estimate of drug-likeness (QED) is 0.445. The van der Waals surface area contributed by atoms with E-state index in [2.05, 4.69) is 5.32 Å². The van der Waals surface area contributed by atoms with Crippen LogP contribution in [0, 0.1) is 11.6 Å². The molecule has 0 saturated carbocycles. The van der Waals surface area contributed by atoms with Crippen LogP contribution in [0.25, 0.3) is 0 Å². The smallest absolute Gasteiger partial charge is 0.419 e. The average molecular weight is 478 g/mol. The number of rotatable bonds is 8. The summed E-state index contributed by atoms with van der Waals surface area (Å²) in [6, 6.07) is 13.1. The van der Waals surface area contributed by atoms with E-state index in [1.54, 1.807) is 24.3 Å². The zero-order valence-electron chi connectivity index (χ0n) is 17.5. The van der Waals surface area contributed by atoms with Crippen LogP contribution < -0.4 is 15.8 Å². The molecule has 5 nitrogen and oxygen atoms in total. The van der Waals surface area contributed by atoms with Gasteiger partial charge in [-0.15, -0.1) is 0 Å². The summed E-state index contributed by atoms with van der Waals surface area (Å²) in [6.07, 6.45) is -5.49. The topological polar surface area (TPSA) is 81.4 Å². The van der Waals surface area contributed by atoms with Crippen LogP contribution in [0.2, 0.25) is 0 Å². The maximum absolute atomic E-state index is 13.8. The zero-order valence-corrected chi connectivity index (χ0v) is 17.5. The predicted molar refractivity (Wildman–Crippen MR) is 113 cm³/mol. The fraction of sp³-hybridized carbons (Fsp3) is 0.167. The number of carbonyl (C=O) groups is 2. The van der Waals surface area contributed by atoms with Crippen LogP contribution in [0.4, 0.5) is 22.0 Å². The first kappa shape index (κ1) is 24.7. The van der Waals surface area contributed by atoms with Crippen molar-refractivity contribution in [3.05, 3.63) is 95.1 Å². The summed E-state index contributed by atoms with van der Waals surface area (Å²) in [6.45, 7) is 0. The van der Waals surface area contributed by atoms with Gasteiger partial charge < -0.3 is 15.8 Å². The number of carbonyl (C=O) groups excluding carboxylic acids is 2. The van der Waals surface area contributed by atoms with E-state index in [1.165, 1.54) is 24.3 Å². The SMILES string of the molecule is NC(=O)CC(NC(=O)Cc1ccc(C(F)(F)F)c(F)c1)c1ccc(Oc2ccc(F)cc2)cc1. The lowest BCUT2D eigenvalue weighted by Gasteiger charge is -2.19. The molecule has 0 aliphatic rings. The van der Waals surface area contributed by atoms with E-state index >= 15 is 0 Å². The number of ether oxygens (including phenoxy) is 1. The highest BCUT2D eigenvalue weighted by Gasteiger charge is 2.34. The summed E-state index contributed by atoms with van der Waals surface area (Å²) in [4.78, 5) is 23.9. The van der Waals surface area contributed by atoms with Gasteiger partial charge in [-0.3, -0.25) is 9.59 Å². The monoisotopic (exact) mass is 478 g/mol. The zero-order chi connectivity index (χ0) is 24.9. The second-order valence-corrected chi connectivity index (χ2v) is 7.40. The van der Waals surface area contributed by atoms with Gasteiger partial charge in [0, 0.05) is 0 Å². The summed E-state index contributed by atoms with van der Waals surface area (Å²) in [5.74, 6) is -2.41. The minimum Gasteiger partial charge on any atom is -0.457 e. The Morgan fingerprint density at radius 2 is 1.50 bits per heavy atom. The maximum atomic E-state index is 13.8. The minimum absolute atomic E-state index is 0.0314. The summed E-state index contributed by atoms with van der Waals surface area (Å²) in [5.41, 5.74) is 4.40. The van der Waals surface area contributed by atoms with Crippen LogP contribution in [-0.2, 0) is 22.2 Å². The number of benzene rings is 3. The number of alkyl halides is 3. The molecule has 0 heterocycles. The number of amides is 2. The summed E-state index contributed by atoms with van der Waals surface area (Å²) in [7, 11) is 0. The summed E-state index contributed by atoms with van der Waals surface area (Å²) >= 11 is 0. The number of nitrogens with two attached hydrogens (primary N) is 1. The predicted octanol–water partition coefficient (Wildman–Crippen LogP) is 5.05. The fourth-order valence-electron chi connectivity index (χ4n) is 3.19. The second-order valence-electron chi connectivity index (χ2n) is 7.40. The van der Waals surface area contributed by atoms with Crippen molar-refractivity contribution in [2.75, 3.05) is 0 Å². The highest BCUT2D eigenvalue weighted by atomic mass is 19.4. The van der Waals surface area contributed by atoms with E-state index < -0.39 is 47.7 Å². The van der Waals surface area contributed by atoms with Crippen LogP contribution in [-0.4, -0.2) is 11.8 Å². The van der Waals surface area contributed by atoms with E-state index in [0.717, 1.165) is 6.07 Å². The molecule has 2 amide bonds. The van der Waals surface area contributed by atoms with Crippen molar-refractivity contribution in [1.82, 2.24) is 5.32 Å². The molecule has 0 bridgehead atoms. The van der Waals surface area contributed by atoms with Crippen molar-refractivity contribution in [3.8, 4) is 11.5 Å². The molecule has 3 aromatic rings. The first-order valence-electron chi connectivity index (χ1n) is 9.98. The van der Waals surface area contributed by atoms with Gasteiger partial charge in [-0.2, -0.15) is 13.2 Å². The number of halogens is 5. The molecular formula is C24H19F5N2O3. The highest BCUT2D eigenvalue weighted by Crippen LogP contribution is 2.31. The maximum Gasteiger partial charge on any atom is 0.419 e. The molecule has 3 N–H and O–H groups in total. The lowest BCUT2D eigenvalue weighted by molar-refractivity contribution is -0.140. The number of hydrogen-bond acceptors (Lipinski definition) is 3. The largest absolute Gasteiger partial charge is 0.457 e. The molecule has 0 aromatic heterocycles. The third-order valence-electron chi connectivity index (χ3n) is 4.78. The Labute approximate surface area is 191 Å². The summed E-state index contributed by atoms with van der Waals surface area (Å²) in [5, 5.41) is 2.59. The van der Waals surface area contributed by atoms with Crippen molar-refractivity contribution in [2.24, 2.45) is 5.73 Å². The Morgan fingerprint density at radius 1 is 0.912 bits per heavy atom. The molecule has 0 spiro atoms. The van der Waals surface area contributed by atoms with Gasteiger partial charge in [-0.1, -0.05) is 18.2 Å². The van der Waals surface area contributed by atoms with E-state index in [1.807, 2.05) is 0 Å². The van der Waals surface area contributed by atoms with E-state index in [4.69, 9.17) is 10.5 Å².